The van der Waals surface area contributed by atoms with Gasteiger partial charge in [-0.3, -0.25) is 0 Å². The number of methoxy groups -OCH3 is 1. The predicted octanol–water partition coefficient (Wildman–Crippen LogP) is 3.68. The Morgan fingerprint density at radius 1 is 1.27 bits per heavy atom. The summed E-state index contributed by atoms with van der Waals surface area (Å²) in [6.45, 7) is 0. The zero-order chi connectivity index (χ0) is 8.27. The molecule has 0 aliphatic heterocycles. The standard InChI is InChI=1S/C7H7Cl2IO/c1-11-7-5-3-2-4-6(7)10(8)9/h2-5H,1H3. The van der Waals surface area contributed by atoms with Crippen molar-refractivity contribution in [1.82, 2.24) is 0 Å². The summed E-state index contributed by atoms with van der Waals surface area (Å²) in [6, 6.07) is 7.58. The zero-order valence-electron chi connectivity index (χ0n) is 5.85. The fraction of sp³-hybridized carbons (Fsp3) is 0.143. The van der Waals surface area contributed by atoms with Crippen molar-refractivity contribution in [3.63, 3.8) is 0 Å². The van der Waals surface area contributed by atoms with Gasteiger partial charge in [-0.15, -0.1) is 0 Å². The van der Waals surface area contributed by atoms with E-state index in [0.717, 1.165) is 9.32 Å². The molecule has 0 unspecified atom stereocenters. The van der Waals surface area contributed by atoms with Crippen LogP contribution in [0.4, 0.5) is 0 Å². The summed E-state index contributed by atoms with van der Waals surface area (Å²) < 4.78 is 6.04. The summed E-state index contributed by atoms with van der Waals surface area (Å²) >= 11 is -1.93. The first-order valence-electron chi connectivity index (χ1n) is 2.91. The van der Waals surface area contributed by atoms with Crippen LogP contribution in [0, 0.1) is 3.57 Å². The molecule has 0 N–H and O–H groups in total. The topological polar surface area (TPSA) is 9.23 Å². The van der Waals surface area contributed by atoms with Crippen molar-refractivity contribution in [1.29, 1.82) is 0 Å². The SMILES string of the molecule is COc1ccccc1I(Cl)Cl. The molecule has 0 amide bonds. The van der Waals surface area contributed by atoms with Crippen LogP contribution < -0.4 is 4.74 Å². The summed E-state index contributed by atoms with van der Waals surface area (Å²) in [6.07, 6.45) is 0. The first-order chi connectivity index (χ1) is 5.25. The Labute approximate surface area is 80.5 Å². The van der Waals surface area contributed by atoms with Crippen LogP contribution in [0.1, 0.15) is 0 Å². The molecule has 62 valence electrons. The van der Waals surface area contributed by atoms with Gasteiger partial charge in [-0.2, -0.15) is 0 Å². The second-order valence-electron chi connectivity index (χ2n) is 1.83. The van der Waals surface area contributed by atoms with Gasteiger partial charge in [0.2, 0.25) is 0 Å². The number of hydrogen-bond donors (Lipinski definition) is 0. The third-order valence-corrected chi connectivity index (χ3v) is 5.05. The van der Waals surface area contributed by atoms with Gasteiger partial charge in [-0.25, -0.2) is 0 Å². The van der Waals surface area contributed by atoms with Crippen LogP contribution in [0.3, 0.4) is 0 Å². The molecule has 1 aromatic carbocycles. The number of benzene rings is 1. The van der Waals surface area contributed by atoms with Crippen LogP contribution in [-0.4, -0.2) is 7.11 Å². The summed E-state index contributed by atoms with van der Waals surface area (Å²) in [5, 5.41) is 0. The van der Waals surface area contributed by atoms with Crippen LogP contribution in [0.5, 0.6) is 5.75 Å². The maximum atomic E-state index is 5.83. The minimum atomic E-state index is -1.93. The van der Waals surface area contributed by atoms with E-state index < -0.39 is 17.6 Å². The third-order valence-electron chi connectivity index (χ3n) is 1.21. The average Bonchev–Trinajstić information content (AvgIpc) is 2.04. The van der Waals surface area contributed by atoms with Gasteiger partial charge < -0.3 is 0 Å². The molecule has 0 spiro atoms. The Morgan fingerprint density at radius 3 is 2.36 bits per heavy atom. The van der Waals surface area contributed by atoms with Gasteiger partial charge in [0.1, 0.15) is 0 Å². The van der Waals surface area contributed by atoms with E-state index in [2.05, 4.69) is 0 Å². The molecule has 0 atom stereocenters. The molecule has 11 heavy (non-hydrogen) atoms. The van der Waals surface area contributed by atoms with Crippen LogP contribution in [0.25, 0.3) is 0 Å². The molecule has 1 aromatic rings. The summed E-state index contributed by atoms with van der Waals surface area (Å²) in [5.74, 6) is 0.794. The van der Waals surface area contributed by atoms with Crippen LogP contribution in [0.2, 0.25) is 0 Å². The Kier molecular flexibility index (Phi) is 3.75. The van der Waals surface area contributed by atoms with Crippen molar-refractivity contribution >= 4 is 35.4 Å². The van der Waals surface area contributed by atoms with Gasteiger partial charge >= 0.3 is 80.8 Å². The number of hydrogen-bond acceptors (Lipinski definition) is 1. The first-order valence-corrected chi connectivity index (χ1v) is 9.46. The maximum absolute atomic E-state index is 5.83. The average molecular weight is 305 g/mol. The molecule has 4 heteroatoms. The minimum absolute atomic E-state index is 0.794. The van der Waals surface area contributed by atoms with Crippen LogP contribution in [0.15, 0.2) is 24.3 Å². The van der Waals surface area contributed by atoms with Gasteiger partial charge in [-0.1, -0.05) is 0 Å². The molecule has 1 rings (SSSR count). The number of ether oxygens (including phenoxy) is 1. The molecule has 0 aliphatic carbocycles. The van der Waals surface area contributed by atoms with E-state index in [4.69, 9.17) is 22.6 Å². The Balaban J connectivity index is 3.02. The molecule has 0 fully saturated rings. The van der Waals surface area contributed by atoms with E-state index in [9.17, 15) is 0 Å². The van der Waals surface area contributed by atoms with Crippen molar-refractivity contribution in [3.05, 3.63) is 27.8 Å². The monoisotopic (exact) mass is 304 g/mol. The van der Waals surface area contributed by atoms with Crippen LogP contribution in [-0.2, 0) is 0 Å². The summed E-state index contributed by atoms with van der Waals surface area (Å²) in [4.78, 5) is 0. The van der Waals surface area contributed by atoms with Crippen molar-refractivity contribution in [2.75, 3.05) is 7.11 Å². The molecule has 0 saturated heterocycles. The van der Waals surface area contributed by atoms with E-state index >= 15 is 0 Å². The van der Waals surface area contributed by atoms with Crippen molar-refractivity contribution in [3.8, 4) is 5.75 Å². The first kappa shape index (κ1) is 9.42. The molecule has 0 heterocycles. The molecule has 0 bridgehead atoms. The normalized spacial score (nSPS) is 11.0. The van der Waals surface area contributed by atoms with E-state index in [1.54, 1.807) is 7.11 Å². The predicted molar refractivity (Wildman–Crippen MR) is 57.4 cm³/mol. The van der Waals surface area contributed by atoms with Gasteiger partial charge in [0.25, 0.3) is 0 Å². The summed E-state index contributed by atoms with van der Waals surface area (Å²) in [5.41, 5.74) is 0. The van der Waals surface area contributed by atoms with Gasteiger partial charge in [-0.05, 0) is 0 Å². The van der Waals surface area contributed by atoms with E-state index in [1.165, 1.54) is 0 Å². The Hall–Kier alpha value is 0.330. The van der Waals surface area contributed by atoms with Gasteiger partial charge in [0.05, 0.1) is 0 Å². The molecular formula is C7H7Cl2IO. The van der Waals surface area contributed by atoms with Gasteiger partial charge in [0.15, 0.2) is 0 Å². The number of para-hydroxylation sites is 1. The molecule has 0 radical (unpaired) electrons. The van der Waals surface area contributed by atoms with E-state index in [1.807, 2.05) is 24.3 Å². The summed E-state index contributed by atoms with van der Waals surface area (Å²) in [7, 11) is 13.3. The number of rotatable bonds is 2. The molecular weight excluding hydrogens is 298 g/mol. The fourth-order valence-electron chi connectivity index (χ4n) is 0.728. The van der Waals surface area contributed by atoms with E-state index in [-0.39, 0.29) is 0 Å². The zero-order valence-corrected chi connectivity index (χ0v) is 9.52. The molecule has 0 aromatic heterocycles. The third kappa shape index (κ3) is 2.39. The van der Waals surface area contributed by atoms with Gasteiger partial charge in [0, 0.05) is 0 Å². The number of halogens is 3. The fourth-order valence-corrected chi connectivity index (χ4v) is 3.59. The Morgan fingerprint density at radius 2 is 1.91 bits per heavy atom. The van der Waals surface area contributed by atoms with E-state index in [0.29, 0.717) is 0 Å². The Bertz CT molecular complexity index is 240. The molecule has 1 nitrogen and oxygen atoms in total. The van der Waals surface area contributed by atoms with Crippen molar-refractivity contribution in [2.45, 2.75) is 0 Å². The quantitative estimate of drug-likeness (QED) is 0.757. The second-order valence-corrected chi connectivity index (χ2v) is 8.93. The van der Waals surface area contributed by atoms with Crippen molar-refractivity contribution < 1.29 is 4.74 Å². The van der Waals surface area contributed by atoms with Crippen LogP contribution >= 0.6 is 35.4 Å². The second kappa shape index (κ2) is 4.38. The molecule has 0 aliphatic rings. The van der Waals surface area contributed by atoms with Crippen molar-refractivity contribution in [2.24, 2.45) is 0 Å². The molecule has 0 saturated carbocycles.